The van der Waals surface area contributed by atoms with Crippen LogP contribution in [0.3, 0.4) is 0 Å². The first kappa shape index (κ1) is 21.8. The van der Waals surface area contributed by atoms with E-state index in [0.717, 1.165) is 25.7 Å². The van der Waals surface area contributed by atoms with Crippen molar-refractivity contribution in [2.24, 2.45) is 11.0 Å². The number of hydrazone groups is 1. The highest BCUT2D eigenvalue weighted by molar-refractivity contribution is 6.35. The zero-order valence-corrected chi connectivity index (χ0v) is 17.4. The average molecular weight is 431 g/mol. The summed E-state index contributed by atoms with van der Waals surface area (Å²) in [7, 11) is 0. The molecule has 0 heterocycles. The molecular formula is C22H24ClFN4O2. The molecule has 0 saturated heterocycles. The number of benzene rings is 2. The first-order valence-corrected chi connectivity index (χ1v) is 10.3. The maximum absolute atomic E-state index is 13.9. The van der Waals surface area contributed by atoms with Crippen molar-refractivity contribution in [2.75, 3.05) is 5.32 Å². The van der Waals surface area contributed by atoms with Crippen molar-refractivity contribution < 1.29 is 14.0 Å². The zero-order chi connectivity index (χ0) is 21.5. The lowest BCUT2D eigenvalue weighted by molar-refractivity contribution is -0.139. The molecule has 2 amide bonds. The van der Waals surface area contributed by atoms with Crippen LogP contribution in [0.5, 0.6) is 0 Å². The summed E-state index contributed by atoms with van der Waals surface area (Å²) >= 11 is 6.05. The van der Waals surface area contributed by atoms with Crippen LogP contribution in [0.25, 0.3) is 0 Å². The van der Waals surface area contributed by atoms with E-state index in [1.165, 1.54) is 12.3 Å². The predicted octanol–water partition coefficient (Wildman–Crippen LogP) is 4.37. The number of carbonyl (C=O) groups excluding carboxylic acids is 2. The Morgan fingerprint density at radius 1 is 1.10 bits per heavy atom. The Hall–Kier alpha value is -2.93. The van der Waals surface area contributed by atoms with Crippen molar-refractivity contribution in [3.63, 3.8) is 0 Å². The summed E-state index contributed by atoms with van der Waals surface area (Å²) in [5.74, 6) is -1.61. The van der Waals surface area contributed by atoms with Crippen molar-refractivity contribution in [1.29, 1.82) is 0 Å². The van der Waals surface area contributed by atoms with Crippen LogP contribution in [0.15, 0.2) is 47.6 Å². The molecular weight excluding hydrogens is 407 g/mol. The molecule has 2 aromatic carbocycles. The minimum Gasteiger partial charge on any atom is -0.353 e. The highest BCUT2D eigenvalue weighted by Gasteiger charge is 2.25. The molecule has 8 heteroatoms. The van der Waals surface area contributed by atoms with Crippen molar-refractivity contribution in [2.45, 2.75) is 38.6 Å². The van der Waals surface area contributed by atoms with E-state index in [1.54, 1.807) is 36.4 Å². The van der Waals surface area contributed by atoms with Gasteiger partial charge in [-0.1, -0.05) is 43.5 Å². The Balaban J connectivity index is 1.64. The Morgan fingerprint density at radius 2 is 1.87 bits per heavy atom. The van der Waals surface area contributed by atoms with Crippen molar-refractivity contribution >= 4 is 41.0 Å². The molecule has 0 bridgehead atoms. The summed E-state index contributed by atoms with van der Waals surface area (Å²) < 4.78 is 13.9. The molecule has 1 aliphatic carbocycles. The Labute approximate surface area is 179 Å². The molecule has 0 aliphatic heterocycles. The summed E-state index contributed by atoms with van der Waals surface area (Å²) in [5, 5.41) is 10.1. The van der Waals surface area contributed by atoms with Crippen LogP contribution in [0, 0.1) is 11.7 Å². The highest BCUT2D eigenvalue weighted by Crippen LogP contribution is 2.25. The number of amides is 2. The molecule has 2 atom stereocenters. The van der Waals surface area contributed by atoms with Crippen LogP contribution in [-0.2, 0) is 9.59 Å². The van der Waals surface area contributed by atoms with Gasteiger partial charge in [0, 0.05) is 22.3 Å². The van der Waals surface area contributed by atoms with E-state index in [0.29, 0.717) is 27.9 Å². The Kier molecular flexibility index (Phi) is 7.41. The predicted molar refractivity (Wildman–Crippen MR) is 116 cm³/mol. The van der Waals surface area contributed by atoms with Crippen LogP contribution in [-0.4, -0.2) is 24.1 Å². The standard InChI is InChI=1S/C22H24ClFN4O2/c1-14-6-2-4-8-18(14)27-21(29)22(30)28-25-13-15-12-16(23)10-11-19(15)26-20-9-5-3-7-17(20)24/h3,5,7,9-14,18,26H,2,4,6,8H2,1H3,(H,27,29)(H,28,30)/b25-13-/t14-,18+/m0/s1. The minimum atomic E-state index is -0.838. The normalized spacial score (nSPS) is 18.8. The zero-order valence-electron chi connectivity index (χ0n) is 16.6. The van der Waals surface area contributed by atoms with Gasteiger partial charge >= 0.3 is 11.8 Å². The number of halogens is 2. The van der Waals surface area contributed by atoms with Gasteiger partial charge in [0.05, 0.1) is 11.9 Å². The van der Waals surface area contributed by atoms with Gasteiger partial charge in [0.15, 0.2) is 0 Å². The topological polar surface area (TPSA) is 82.6 Å². The quantitative estimate of drug-likeness (QED) is 0.374. The van der Waals surface area contributed by atoms with Gasteiger partial charge in [-0.25, -0.2) is 9.82 Å². The summed E-state index contributed by atoms with van der Waals surface area (Å²) in [5.41, 5.74) is 3.59. The van der Waals surface area contributed by atoms with Crippen molar-refractivity contribution in [1.82, 2.24) is 10.7 Å². The van der Waals surface area contributed by atoms with Crippen LogP contribution in [0.2, 0.25) is 5.02 Å². The van der Waals surface area contributed by atoms with Gasteiger partial charge in [-0.15, -0.1) is 0 Å². The van der Waals surface area contributed by atoms with E-state index < -0.39 is 17.6 Å². The van der Waals surface area contributed by atoms with Crippen LogP contribution in [0.1, 0.15) is 38.2 Å². The third-order valence-electron chi connectivity index (χ3n) is 5.16. The largest absolute Gasteiger partial charge is 0.353 e. The molecule has 6 nitrogen and oxygen atoms in total. The first-order chi connectivity index (χ1) is 14.4. The molecule has 158 valence electrons. The summed E-state index contributed by atoms with van der Waals surface area (Å²) in [6, 6.07) is 11.2. The van der Waals surface area contributed by atoms with Crippen LogP contribution in [0.4, 0.5) is 15.8 Å². The number of carbonyl (C=O) groups is 2. The number of hydrogen-bond donors (Lipinski definition) is 3. The number of rotatable bonds is 5. The molecule has 0 unspecified atom stereocenters. The van der Waals surface area contributed by atoms with E-state index in [2.05, 4.69) is 28.1 Å². The summed E-state index contributed by atoms with van der Waals surface area (Å²) in [6.07, 6.45) is 5.45. The molecule has 30 heavy (non-hydrogen) atoms. The van der Waals surface area contributed by atoms with E-state index in [4.69, 9.17) is 11.6 Å². The lowest BCUT2D eigenvalue weighted by Gasteiger charge is -2.29. The molecule has 1 fully saturated rings. The number of para-hydroxylation sites is 1. The van der Waals surface area contributed by atoms with Gasteiger partial charge < -0.3 is 10.6 Å². The average Bonchev–Trinajstić information content (AvgIpc) is 2.73. The second kappa shape index (κ2) is 10.2. The number of nitrogens with one attached hydrogen (secondary N) is 3. The van der Waals surface area contributed by atoms with E-state index in [9.17, 15) is 14.0 Å². The fraction of sp³-hybridized carbons (Fsp3) is 0.318. The van der Waals surface area contributed by atoms with E-state index in [-0.39, 0.29) is 6.04 Å². The SMILES string of the molecule is C[C@H]1CCCC[C@H]1NC(=O)C(=O)N/N=C\c1cc(Cl)ccc1Nc1ccccc1F. The molecule has 3 rings (SSSR count). The van der Waals surface area contributed by atoms with Gasteiger partial charge in [-0.05, 0) is 49.1 Å². The molecule has 2 aromatic rings. The van der Waals surface area contributed by atoms with Gasteiger partial charge in [-0.2, -0.15) is 5.10 Å². The molecule has 0 spiro atoms. The highest BCUT2D eigenvalue weighted by atomic mass is 35.5. The lowest BCUT2D eigenvalue weighted by Crippen LogP contribution is -2.46. The Morgan fingerprint density at radius 3 is 2.63 bits per heavy atom. The summed E-state index contributed by atoms with van der Waals surface area (Å²) in [6.45, 7) is 2.07. The smallest absolute Gasteiger partial charge is 0.329 e. The van der Waals surface area contributed by atoms with E-state index in [1.807, 2.05) is 0 Å². The molecule has 0 radical (unpaired) electrons. The maximum atomic E-state index is 13.9. The van der Waals surface area contributed by atoms with Gasteiger partial charge in [0.1, 0.15) is 5.82 Å². The van der Waals surface area contributed by atoms with Crippen molar-refractivity contribution in [3.05, 3.63) is 58.9 Å². The molecule has 1 saturated carbocycles. The molecule has 0 aromatic heterocycles. The third kappa shape index (κ3) is 5.79. The van der Waals surface area contributed by atoms with Gasteiger partial charge in [0.2, 0.25) is 0 Å². The van der Waals surface area contributed by atoms with Crippen LogP contribution < -0.4 is 16.1 Å². The second-order valence-corrected chi connectivity index (χ2v) is 7.81. The van der Waals surface area contributed by atoms with Crippen LogP contribution >= 0.6 is 11.6 Å². The van der Waals surface area contributed by atoms with E-state index >= 15 is 0 Å². The fourth-order valence-corrected chi connectivity index (χ4v) is 3.62. The van der Waals surface area contributed by atoms with Crippen molar-refractivity contribution in [3.8, 4) is 0 Å². The van der Waals surface area contributed by atoms with Gasteiger partial charge in [0.25, 0.3) is 0 Å². The lowest BCUT2D eigenvalue weighted by atomic mass is 9.86. The second-order valence-electron chi connectivity index (χ2n) is 7.38. The fourth-order valence-electron chi connectivity index (χ4n) is 3.44. The molecule has 3 N–H and O–H groups in total. The monoisotopic (exact) mass is 430 g/mol. The number of anilines is 2. The maximum Gasteiger partial charge on any atom is 0.329 e. The van der Waals surface area contributed by atoms with Gasteiger partial charge in [-0.3, -0.25) is 9.59 Å². The third-order valence-corrected chi connectivity index (χ3v) is 5.40. The number of nitrogens with zero attached hydrogens (tertiary/aromatic N) is 1. The molecule has 1 aliphatic rings. The first-order valence-electron chi connectivity index (χ1n) is 9.89. The minimum absolute atomic E-state index is 0.00508. The summed E-state index contributed by atoms with van der Waals surface area (Å²) in [4.78, 5) is 24.2. The Bertz CT molecular complexity index is 950. The number of hydrogen-bond acceptors (Lipinski definition) is 4.